The lowest BCUT2D eigenvalue weighted by molar-refractivity contribution is -0.703. The SMILES string of the molecule is BrCCCCc1ccc(CCCCBr)cc1.C.Cc1cccc[n+]1CCCCc1ccc(CCCC[n+]2ccccc2C)cc1. The van der Waals surface area contributed by atoms with Gasteiger partial charge >= 0.3 is 0 Å². The van der Waals surface area contributed by atoms with Crippen LogP contribution in [0.2, 0.25) is 0 Å². The van der Waals surface area contributed by atoms with Crippen LogP contribution in [0, 0.1) is 13.8 Å². The lowest BCUT2D eigenvalue weighted by atomic mass is 10.0. The van der Waals surface area contributed by atoms with Gasteiger partial charge in [-0.15, -0.1) is 0 Å². The van der Waals surface area contributed by atoms with E-state index in [4.69, 9.17) is 0 Å². The quantitative estimate of drug-likeness (QED) is 0.0546. The first-order valence-electron chi connectivity index (χ1n) is 16.8. The van der Waals surface area contributed by atoms with Gasteiger partial charge in [0, 0.05) is 61.6 Å². The Labute approximate surface area is 292 Å². The predicted octanol–water partition coefficient (Wildman–Crippen LogP) is 10.7. The molecule has 4 aromatic rings. The Bertz CT molecular complexity index is 1200. The number of pyridine rings is 2. The molecule has 2 aromatic carbocycles. The maximum atomic E-state index is 3.47. The van der Waals surface area contributed by atoms with E-state index in [0.717, 1.165) is 23.7 Å². The zero-order chi connectivity index (χ0) is 31.2. The molecule has 0 unspecified atom stereocenters. The summed E-state index contributed by atoms with van der Waals surface area (Å²) in [4.78, 5) is 0. The number of unbranched alkanes of at least 4 members (excludes halogenated alkanes) is 4. The molecule has 0 saturated heterocycles. The largest absolute Gasteiger partial charge is 0.203 e. The molecule has 4 rings (SSSR count). The first-order valence-corrected chi connectivity index (χ1v) is 19.0. The fourth-order valence-electron chi connectivity index (χ4n) is 5.44. The summed E-state index contributed by atoms with van der Waals surface area (Å²) in [7, 11) is 0. The first-order chi connectivity index (χ1) is 21.6. The van der Waals surface area contributed by atoms with Crippen LogP contribution in [0.15, 0.2) is 97.3 Å². The zero-order valence-corrected chi connectivity index (χ0v) is 30.4. The highest BCUT2D eigenvalue weighted by molar-refractivity contribution is 9.09. The molecule has 2 heterocycles. The molecule has 0 aliphatic carbocycles. The molecule has 2 aromatic heterocycles. The second-order valence-electron chi connectivity index (χ2n) is 11.9. The lowest BCUT2D eigenvalue weighted by Crippen LogP contribution is -2.36. The normalized spacial score (nSPS) is 10.6. The van der Waals surface area contributed by atoms with Gasteiger partial charge in [-0.25, -0.2) is 9.13 Å². The van der Waals surface area contributed by atoms with Crippen LogP contribution in [0.4, 0.5) is 0 Å². The van der Waals surface area contributed by atoms with Gasteiger partial charge in [0.05, 0.1) is 0 Å². The Balaban J connectivity index is 0.000000355. The molecule has 2 nitrogen and oxygen atoms in total. The van der Waals surface area contributed by atoms with Crippen molar-refractivity contribution >= 4 is 31.9 Å². The molecule has 0 saturated carbocycles. The number of aromatic nitrogens is 2. The highest BCUT2D eigenvalue weighted by Crippen LogP contribution is 2.12. The Hall–Kier alpha value is -2.30. The van der Waals surface area contributed by atoms with Crippen molar-refractivity contribution in [3.63, 3.8) is 0 Å². The molecule has 0 fully saturated rings. The van der Waals surface area contributed by atoms with E-state index in [-0.39, 0.29) is 7.43 Å². The van der Waals surface area contributed by atoms with E-state index in [0.29, 0.717) is 0 Å². The molecule has 244 valence electrons. The molecule has 4 heteroatoms. The Morgan fingerprint density at radius 3 is 1.02 bits per heavy atom. The molecule has 0 amide bonds. The summed E-state index contributed by atoms with van der Waals surface area (Å²) in [6.45, 7) is 6.59. The van der Waals surface area contributed by atoms with Crippen LogP contribution in [-0.2, 0) is 38.8 Å². The third-order valence-electron chi connectivity index (χ3n) is 8.31. The molecule has 0 aliphatic rings. The van der Waals surface area contributed by atoms with E-state index < -0.39 is 0 Å². The molecule has 0 N–H and O–H groups in total. The second-order valence-corrected chi connectivity index (χ2v) is 13.5. The minimum absolute atomic E-state index is 0. The van der Waals surface area contributed by atoms with Crippen molar-refractivity contribution in [2.45, 2.75) is 111 Å². The molecule has 0 aliphatic heterocycles. The first kappa shape index (κ1) is 38.9. The van der Waals surface area contributed by atoms with Crippen LogP contribution >= 0.6 is 31.9 Å². The van der Waals surface area contributed by atoms with Gasteiger partial charge in [0.2, 0.25) is 0 Å². The van der Waals surface area contributed by atoms with Gasteiger partial charge in [-0.1, -0.05) is 100.0 Å². The van der Waals surface area contributed by atoms with Crippen LogP contribution in [0.25, 0.3) is 0 Å². The fraction of sp³-hybridized carbons (Fsp3) is 0.463. The summed E-state index contributed by atoms with van der Waals surface area (Å²) >= 11 is 6.93. The molecular formula is C41H58Br2N2+2. The van der Waals surface area contributed by atoms with Crippen molar-refractivity contribution in [3.05, 3.63) is 131 Å². The number of rotatable bonds is 18. The molecular weight excluding hydrogens is 680 g/mol. The van der Waals surface area contributed by atoms with E-state index in [1.54, 1.807) is 0 Å². The van der Waals surface area contributed by atoms with Crippen LogP contribution in [0.5, 0.6) is 0 Å². The van der Waals surface area contributed by atoms with Crippen LogP contribution in [0.1, 0.15) is 92.4 Å². The summed E-state index contributed by atoms with van der Waals surface area (Å²) in [5.41, 5.74) is 8.57. The summed E-state index contributed by atoms with van der Waals surface area (Å²) in [5.74, 6) is 0. The molecule has 0 bridgehead atoms. The number of alkyl halides is 2. The fourth-order valence-corrected chi connectivity index (χ4v) is 6.23. The minimum Gasteiger partial charge on any atom is -0.203 e. The van der Waals surface area contributed by atoms with Crippen molar-refractivity contribution < 1.29 is 9.13 Å². The predicted molar refractivity (Wildman–Crippen MR) is 202 cm³/mol. The summed E-state index contributed by atoms with van der Waals surface area (Å²) in [6.07, 6.45) is 19.2. The van der Waals surface area contributed by atoms with Gasteiger partial charge in [0.25, 0.3) is 0 Å². The standard InChI is InChI=1S/C26H34N2.C14H20Br2.CH4/c1-23-11-3-7-19-27(23)21-9-5-13-25-15-17-26(18-16-25)14-6-10-22-28-20-8-4-12-24(28)2;15-11-3-1-5-13-7-9-14(10-8-13)6-2-4-12-16;/h3-4,7-8,11-12,15-20H,5-6,9-10,13-14,21-22H2,1-2H3;7-10H,1-6,11-12H2;1H4/q+2;;. The van der Waals surface area contributed by atoms with Crippen LogP contribution in [-0.4, -0.2) is 10.7 Å². The van der Waals surface area contributed by atoms with Crippen molar-refractivity contribution in [2.75, 3.05) is 10.7 Å². The third-order valence-corrected chi connectivity index (χ3v) is 9.43. The highest BCUT2D eigenvalue weighted by Gasteiger charge is 2.05. The number of aryl methyl sites for hydroxylation is 8. The van der Waals surface area contributed by atoms with Gasteiger partial charge in [-0.2, -0.15) is 0 Å². The van der Waals surface area contributed by atoms with Crippen molar-refractivity contribution in [1.29, 1.82) is 0 Å². The van der Waals surface area contributed by atoms with Gasteiger partial charge in [0.1, 0.15) is 13.1 Å². The highest BCUT2D eigenvalue weighted by atomic mass is 79.9. The monoisotopic (exact) mass is 736 g/mol. The van der Waals surface area contributed by atoms with Gasteiger partial charge in [-0.3, -0.25) is 0 Å². The second kappa shape index (κ2) is 24.0. The Kier molecular flexibility index (Phi) is 20.7. The van der Waals surface area contributed by atoms with Gasteiger partial charge < -0.3 is 0 Å². The van der Waals surface area contributed by atoms with Crippen molar-refractivity contribution in [1.82, 2.24) is 0 Å². The zero-order valence-electron chi connectivity index (χ0n) is 27.2. The van der Waals surface area contributed by atoms with E-state index in [1.807, 2.05) is 0 Å². The molecule has 0 atom stereocenters. The topological polar surface area (TPSA) is 7.76 Å². The average Bonchev–Trinajstić information content (AvgIpc) is 3.05. The van der Waals surface area contributed by atoms with Crippen LogP contribution in [0.3, 0.4) is 0 Å². The van der Waals surface area contributed by atoms with Crippen molar-refractivity contribution in [3.8, 4) is 0 Å². The summed E-state index contributed by atoms with van der Waals surface area (Å²) in [5, 5.41) is 2.25. The smallest absolute Gasteiger partial charge is 0.178 e. The summed E-state index contributed by atoms with van der Waals surface area (Å²) in [6, 6.07) is 31.3. The van der Waals surface area contributed by atoms with Gasteiger partial charge in [-0.05, 0) is 86.5 Å². The molecule has 45 heavy (non-hydrogen) atoms. The lowest BCUT2D eigenvalue weighted by Gasteiger charge is -2.05. The Morgan fingerprint density at radius 1 is 0.422 bits per heavy atom. The van der Waals surface area contributed by atoms with E-state index in [9.17, 15) is 0 Å². The van der Waals surface area contributed by atoms with Crippen molar-refractivity contribution in [2.24, 2.45) is 0 Å². The maximum absolute atomic E-state index is 3.47. The van der Waals surface area contributed by atoms with Crippen LogP contribution < -0.4 is 9.13 Å². The van der Waals surface area contributed by atoms with Gasteiger partial charge in [0.15, 0.2) is 23.8 Å². The number of halogens is 2. The third kappa shape index (κ3) is 16.2. The van der Waals surface area contributed by atoms with E-state index in [2.05, 4.69) is 152 Å². The van der Waals surface area contributed by atoms with E-state index in [1.165, 1.54) is 111 Å². The number of benzene rings is 2. The maximum Gasteiger partial charge on any atom is 0.178 e. The minimum atomic E-state index is 0. The van der Waals surface area contributed by atoms with E-state index >= 15 is 0 Å². The summed E-state index contributed by atoms with van der Waals surface area (Å²) < 4.78 is 4.69. The number of nitrogens with zero attached hydrogens (tertiary/aromatic N) is 2. The average molecular weight is 739 g/mol. The Morgan fingerprint density at radius 2 is 0.733 bits per heavy atom. The number of hydrogen-bond donors (Lipinski definition) is 0. The number of hydrogen-bond acceptors (Lipinski definition) is 0. The molecule has 0 radical (unpaired) electrons. The molecule has 0 spiro atoms.